The van der Waals surface area contributed by atoms with Crippen molar-refractivity contribution in [3.8, 4) is 0 Å². The molecule has 2 rings (SSSR count). The second-order valence-electron chi connectivity index (χ2n) is 2.94. The van der Waals surface area contributed by atoms with Crippen LogP contribution in [0.3, 0.4) is 0 Å². The van der Waals surface area contributed by atoms with Crippen molar-refractivity contribution in [3.63, 3.8) is 0 Å². The topological polar surface area (TPSA) is 46.5 Å². The highest BCUT2D eigenvalue weighted by Crippen LogP contribution is 2.23. The first-order valence-electron chi connectivity index (χ1n) is 4.21. The Kier molecular flexibility index (Phi) is 2.74. The SMILES string of the molecule is OC(Cc1ccco1)c1ccc(Br)o1. The third kappa shape index (κ3) is 2.08. The van der Waals surface area contributed by atoms with E-state index in [0.29, 0.717) is 16.9 Å². The summed E-state index contributed by atoms with van der Waals surface area (Å²) >= 11 is 3.18. The van der Waals surface area contributed by atoms with Gasteiger partial charge in [0.25, 0.3) is 0 Å². The van der Waals surface area contributed by atoms with E-state index in [4.69, 9.17) is 8.83 Å². The molecule has 0 aliphatic carbocycles. The van der Waals surface area contributed by atoms with Gasteiger partial charge < -0.3 is 13.9 Å². The van der Waals surface area contributed by atoms with Crippen LogP contribution in [-0.2, 0) is 6.42 Å². The van der Waals surface area contributed by atoms with Crippen molar-refractivity contribution in [2.75, 3.05) is 0 Å². The minimum atomic E-state index is -0.660. The summed E-state index contributed by atoms with van der Waals surface area (Å²) in [6.07, 6.45) is 1.35. The fourth-order valence-corrected chi connectivity index (χ4v) is 1.55. The van der Waals surface area contributed by atoms with Gasteiger partial charge in [-0.3, -0.25) is 0 Å². The lowest BCUT2D eigenvalue weighted by Gasteiger charge is -2.04. The highest BCUT2D eigenvalue weighted by Gasteiger charge is 2.13. The highest BCUT2D eigenvalue weighted by molar-refractivity contribution is 9.10. The van der Waals surface area contributed by atoms with Gasteiger partial charge in [-0.2, -0.15) is 0 Å². The van der Waals surface area contributed by atoms with Crippen LogP contribution in [0.15, 0.2) is 44.0 Å². The van der Waals surface area contributed by atoms with Gasteiger partial charge in [0.2, 0.25) is 0 Å². The maximum atomic E-state index is 9.73. The smallest absolute Gasteiger partial charge is 0.169 e. The Bertz CT molecular complexity index is 391. The minimum Gasteiger partial charge on any atom is -0.469 e. The molecule has 0 aliphatic rings. The van der Waals surface area contributed by atoms with Crippen molar-refractivity contribution in [1.29, 1.82) is 0 Å². The zero-order chi connectivity index (χ0) is 9.97. The molecule has 4 heteroatoms. The van der Waals surface area contributed by atoms with E-state index in [2.05, 4.69) is 15.9 Å². The molecule has 0 amide bonds. The van der Waals surface area contributed by atoms with E-state index in [1.807, 2.05) is 6.07 Å². The second kappa shape index (κ2) is 4.02. The average molecular weight is 257 g/mol. The van der Waals surface area contributed by atoms with Crippen LogP contribution in [0.2, 0.25) is 0 Å². The van der Waals surface area contributed by atoms with Crippen LogP contribution < -0.4 is 0 Å². The normalized spacial score (nSPS) is 13.0. The van der Waals surface area contributed by atoms with Crippen molar-refractivity contribution in [2.24, 2.45) is 0 Å². The van der Waals surface area contributed by atoms with E-state index in [0.717, 1.165) is 5.76 Å². The molecule has 0 saturated carbocycles. The largest absolute Gasteiger partial charge is 0.469 e. The molecule has 14 heavy (non-hydrogen) atoms. The molecule has 1 unspecified atom stereocenters. The fourth-order valence-electron chi connectivity index (χ4n) is 1.23. The predicted octanol–water partition coefficient (Wildman–Crippen LogP) is 2.91. The summed E-state index contributed by atoms with van der Waals surface area (Å²) in [5.74, 6) is 1.28. The molecule has 3 nitrogen and oxygen atoms in total. The number of furan rings is 2. The van der Waals surface area contributed by atoms with Gasteiger partial charge in [-0.25, -0.2) is 0 Å². The summed E-state index contributed by atoms with van der Waals surface area (Å²) in [6.45, 7) is 0. The van der Waals surface area contributed by atoms with Crippen LogP contribution in [0.4, 0.5) is 0 Å². The molecule has 2 heterocycles. The van der Waals surface area contributed by atoms with E-state index in [1.54, 1.807) is 24.5 Å². The first-order valence-corrected chi connectivity index (χ1v) is 5.00. The zero-order valence-electron chi connectivity index (χ0n) is 7.31. The number of halogens is 1. The van der Waals surface area contributed by atoms with E-state index in [1.165, 1.54) is 0 Å². The standard InChI is InChI=1S/C10H9BrO3/c11-10-4-3-9(14-10)8(12)6-7-2-1-5-13-7/h1-5,8,12H,6H2. The van der Waals surface area contributed by atoms with Gasteiger partial charge in [0.15, 0.2) is 4.67 Å². The van der Waals surface area contributed by atoms with Crippen LogP contribution in [0.5, 0.6) is 0 Å². The maximum Gasteiger partial charge on any atom is 0.169 e. The Morgan fingerprint density at radius 3 is 2.79 bits per heavy atom. The Labute approximate surface area is 89.5 Å². The van der Waals surface area contributed by atoms with Crippen molar-refractivity contribution < 1.29 is 13.9 Å². The molecule has 0 aromatic carbocycles. The summed E-state index contributed by atoms with van der Waals surface area (Å²) in [6, 6.07) is 7.10. The van der Waals surface area contributed by atoms with Gasteiger partial charge in [0.05, 0.1) is 6.26 Å². The minimum absolute atomic E-state index is 0.424. The van der Waals surface area contributed by atoms with Gasteiger partial charge in [0, 0.05) is 6.42 Å². The first-order chi connectivity index (χ1) is 6.75. The molecule has 0 bridgehead atoms. The van der Waals surface area contributed by atoms with Crippen LogP contribution in [0, 0.1) is 0 Å². The molecule has 1 atom stereocenters. The Balaban J connectivity index is 2.06. The van der Waals surface area contributed by atoms with Gasteiger partial charge in [-0.1, -0.05) is 0 Å². The number of aliphatic hydroxyl groups is 1. The van der Waals surface area contributed by atoms with E-state index in [-0.39, 0.29) is 0 Å². The summed E-state index contributed by atoms with van der Waals surface area (Å²) in [5, 5.41) is 9.73. The van der Waals surface area contributed by atoms with E-state index in [9.17, 15) is 5.11 Å². The lowest BCUT2D eigenvalue weighted by molar-refractivity contribution is 0.142. The third-order valence-electron chi connectivity index (χ3n) is 1.90. The van der Waals surface area contributed by atoms with Gasteiger partial charge in [0.1, 0.15) is 17.6 Å². The molecule has 0 fully saturated rings. The number of rotatable bonds is 3. The van der Waals surface area contributed by atoms with Crippen molar-refractivity contribution in [1.82, 2.24) is 0 Å². The van der Waals surface area contributed by atoms with Gasteiger partial charge >= 0.3 is 0 Å². The Morgan fingerprint density at radius 1 is 1.36 bits per heavy atom. The van der Waals surface area contributed by atoms with Crippen LogP contribution >= 0.6 is 15.9 Å². The van der Waals surface area contributed by atoms with Crippen LogP contribution in [0.1, 0.15) is 17.6 Å². The molecule has 2 aromatic heterocycles. The van der Waals surface area contributed by atoms with Crippen LogP contribution in [0.25, 0.3) is 0 Å². The summed E-state index contributed by atoms with van der Waals surface area (Å²) in [5.41, 5.74) is 0. The number of aliphatic hydroxyl groups excluding tert-OH is 1. The fraction of sp³-hybridized carbons (Fsp3) is 0.200. The van der Waals surface area contributed by atoms with Crippen molar-refractivity contribution >= 4 is 15.9 Å². The number of hydrogen-bond acceptors (Lipinski definition) is 3. The van der Waals surface area contributed by atoms with E-state index >= 15 is 0 Å². The molecule has 1 N–H and O–H groups in total. The monoisotopic (exact) mass is 256 g/mol. The molecule has 2 aromatic rings. The van der Waals surface area contributed by atoms with E-state index < -0.39 is 6.10 Å². The Morgan fingerprint density at radius 2 is 2.21 bits per heavy atom. The zero-order valence-corrected chi connectivity index (χ0v) is 8.90. The number of hydrogen-bond donors (Lipinski definition) is 1. The molecular formula is C10H9BrO3. The van der Waals surface area contributed by atoms with Crippen molar-refractivity contribution in [3.05, 3.63) is 46.7 Å². The summed E-state index contributed by atoms with van der Waals surface area (Å²) in [7, 11) is 0. The first kappa shape index (κ1) is 9.55. The lowest BCUT2D eigenvalue weighted by Crippen LogP contribution is -1.98. The molecule has 0 saturated heterocycles. The molecule has 0 aliphatic heterocycles. The maximum absolute atomic E-state index is 9.73. The molecule has 0 spiro atoms. The predicted molar refractivity (Wildman–Crippen MR) is 53.8 cm³/mol. The van der Waals surface area contributed by atoms with Crippen LogP contribution in [-0.4, -0.2) is 5.11 Å². The second-order valence-corrected chi connectivity index (χ2v) is 3.72. The highest BCUT2D eigenvalue weighted by atomic mass is 79.9. The lowest BCUT2D eigenvalue weighted by atomic mass is 10.2. The average Bonchev–Trinajstić information content (AvgIpc) is 2.75. The van der Waals surface area contributed by atoms with Crippen molar-refractivity contribution in [2.45, 2.75) is 12.5 Å². The van der Waals surface area contributed by atoms with Gasteiger partial charge in [-0.05, 0) is 40.2 Å². The molecule has 74 valence electrons. The summed E-state index contributed by atoms with van der Waals surface area (Å²) < 4.78 is 11.0. The third-order valence-corrected chi connectivity index (χ3v) is 2.32. The van der Waals surface area contributed by atoms with Gasteiger partial charge in [-0.15, -0.1) is 0 Å². The molecule has 0 radical (unpaired) electrons. The quantitative estimate of drug-likeness (QED) is 0.919. The Hall–Kier alpha value is -1.000. The molecular weight excluding hydrogens is 248 g/mol. The summed E-state index contributed by atoms with van der Waals surface area (Å²) in [4.78, 5) is 0.